The van der Waals surface area contributed by atoms with E-state index in [4.69, 9.17) is 4.52 Å². The standard InChI is InChI=1S/C20H21FN4O4S2/c1-12-18(13(2)29-24-12)31(27,28)25-8-6-14(7-9-25)19(26)23-20-22-17(11-30-20)15-4-3-5-16(21)10-15/h3-5,10-11,14H,6-9H2,1-2H3,(H,22,23,26). The van der Waals surface area contributed by atoms with Gasteiger partial charge in [0.25, 0.3) is 0 Å². The van der Waals surface area contributed by atoms with Gasteiger partial charge in [-0.3, -0.25) is 4.79 Å². The number of rotatable bonds is 5. The van der Waals surface area contributed by atoms with Crippen molar-refractivity contribution in [3.63, 3.8) is 0 Å². The van der Waals surface area contributed by atoms with Crippen LogP contribution in [0.2, 0.25) is 0 Å². The Morgan fingerprint density at radius 2 is 2.03 bits per heavy atom. The summed E-state index contributed by atoms with van der Waals surface area (Å²) in [6, 6.07) is 6.10. The fourth-order valence-corrected chi connectivity index (χ4v) is 6.13. The minimum absolute atomic E-state index is 0.100. The first kappa shape index (κ1) is 21.6. The lowest BCUT2D eigenvalue weighted by molar-refractivity contribution is -0.120. The predicted octanol–water partition coefficient (Wildman–Crippen LogP) is 3.59. The van der Waals surface area contributed by atoms with Gasteiger partial charge in [-0.05, 0) is 38.8 Å². The maximum Gasteiger partial charge on any atom is 0.248 e. The van der Waals surface area contributed by atoms with Crippen LogP contribution in [0.25, 0.3) is 11.3 Å². The van der Waals surface area contributed by atoms with E-state index in [0.717, 1.165) is 0 Å². The van der Waals surface area contributed by atoms with Crippen molar-refractivity contribution in [3.05, 3.63) is 46.9 Å². The molecule has 8 nitrogen and oxygen atoms in total. The number of nitrogens with zero attached hydrogens (tertiary/aromatic N) is 3. The van der Waals surface area contributed by atoms with Gasteiger partial charge in [-0.25, -0.2) is 17.8 Å². The van der Waals surface area contributed by atoms with Crippen molar-refractivity contribution in [2.45, 2.75) is 31.6 Å². The molecule has 1 saturated heterocycles. The van der Waals surface area contributed by atoms with Crippen molar-refractivity contribution in [1.29, 1.82) is 0 Å². The predicted molar refractivity (Wildman–Crippen MR) is 114 cm³/mol. The molecule has 164 valence electrons. The molecule has 1 N–H and O–H groups in total. The van der Waals surface area contributed by atoms with E-state index in [1.807, 2.05) is 0 Å². The fourth-order valence-electron chi connectivity index (χ4n) is 3.65. The summed E-state index contributed by atoms with van der Waals surface area (Å²) in [5.41, 5.74) is 1.55. The van der Waals surface area contributed by atoms with Crippen molar-refractivity contribution in [2.24, 2.45) is 5.92 Å². The Kier molecular flexibility index (Phi) is 5.91. The van der Waals surface area contributed by atoms with Gasteiger partial charge in [-0.15, -0.1) is 11.3 Å². The Morgan fingerprint density at radius 1 is 1.29 bits per heavy atom. The summed E-state index contributed by atoms with van der Waals surface area (Å²) in [5.74, 6) is -0.614. The van der Waals surface area contributed by atoms with Crippen LogP contribution in [-0.2, 0) is 14.8 Å². The number of aromatic nitrogens is 2. The second-order valence-corrected chi connectivity index (χ2v) is 10.1. The van der Waals surface area contributed by atoms with Gasteiger partial charge in [-0.2, -0.15) is 4.31 Å². The molecule has 3 heterocycles. The molecule has 0 radical (unpaired) electrons. The van der Waals surface area contributed by atoms with E-state index < -0.39 is 10.0 Å². The number of piperidine rings is 1. The monoisotopic (exact) mass is 464 g/mol. The number of amides is 1. The summed E-state index contributed by atoms with van der Waals surface area (Å²) in [7, 11) is -3.71. The Labute approximate surface area is 183 Å². The number of anilines is 1. The number of hydrogen-bond donors (Lipinski definition) is 1. The van der Waals surface area contributed by atoms with Crippen molar-refractivity contribution in [1.82, 2.24) is 14.4 Å². The number of carbonyl (C=O) groups excluding carboxylic acids is 1. The van der Waals surface area contributed by atoms with Crippen LogP contribution in [0.4, 0.5) is 9.52 Å². The van der Waals surface area contributed by atoms with Crippen molar-refractivity contribution in [3.8, 4) is 11.3 Å². The number of hydrogen-bond acceptors (Lipinski definition) is 7. The lowest BCUT2D eigenvalue weighted by Gasteiger charge is -2.30. The summed E-state index contributed by atoms with van der Waals surface area (Å²) in [5, 5.41) is 8.70. The van der Waals surface area contributed by atoms with Crippen LogP contribution >= 0.6 is 11.3 Å². The smallest absolute Gasteiger partial charge is 0.248 e. The zero-order chi connectivity index (χ0) is 22.2. The third kappa shape index (κ3) is 4.39. The number of benzene rings is 1. The maximum atomic E-state index is 13.4. The highest BCUT2D eigenvalue weighted by molar-refractivity contribution is 7.89. The molecule has 1 aliphatic heterocycles. The van der Waals surface area contributed by atoms with Gasteiger partial charge in [0.1, 0.15) is 16.4 Å². The SMILES string of the molecule is Cc1noc(C)c1S(=O)(=O)N1CCC(C(=O)Nc2nc(-c3cccc(F)c3)cs2)CC1. The quantitative estimate of drug-likeness (QED) is 0.619. The Hall–Kier alpha value is -2.63. The van der Waals surface area contributed by atoms with Crippen LogP contribution in [0, 0.1) is 25.6 Å². The maximum absolute atomic E-state index is 13.4. The topological polar surface area (TPSA) is 105 Å². The molecule has 31 heavy (non-hydrogen) atoms. The van der Waals surface area contributed by atoms with Crippen molar-refractivity contribution < 1.29 is 22.1 Å². The Morgan fingerprint density at radius 3 is 2.68 bits per heavy atom. The molecule has 4 rings (SSSR count). The van der Waals surface area contributed by atoms with Crippen LogP contribution in [0.15, 0.2) is 39.1 Å². The number of halogens is 1. The van der Waals surface area contributed by atoms with E-state index in [-0.39, 0.29) is 41.4 Å². The first-order chi connectivity index (χ1) is 14.8. The van der Waals surface area contributed by atoms with E-state index in [1.54, 1.807) is 31.4 Å². The molecule has 0 spiro atoms. The first-order valence-corrected chi connectivity index (χ1v) is 12.0. The van der Waals surface area contributed by atoms with Crippen molar-refractivity contribution >= 4 is 32.4 Å². The van der Waals surface area contributed by atoms with Crippen LogP contribution in [0.5, 0.6) is 0 Å². The van der Waals surface area contributed by atoms with E-state index in [2.05, 4.69) is 15.5 Å². The van der Waals surface area contributed by atoms with Crippen LogP contribution in [0.1, 0.15) is 24.3 Å². The van der Waals surface area contributed by atoms with E-state index in [0.29, 0.717) is 34.9 Å². The van der Waals surface area contributed by atoms with Gasteiger partial charge >= 0.3 is 0 Å². The van der Waals surface area contributed by atoms with Crippen LogP contribution in [0.3, 0.4) is 0 Å². The van der Waals surface area contributed by atoms with E-state index >= 15 is 0 Å². The fraction of sp³-hybridized carbons (Fsp3) is 0.350. The third-order valence-electron chi connectivity index (χ3n) is 5.25. The molecule has 0 unspecified atom stereocenters. The molecule has 1 aromatic carbocycles. The number of carbonyl (C=O) groups is 1. The molecule has 11 heteroatoms. The van der Waals surface area contributed by atoms with Gasteiger partial charge < -0.3 is 9.84 Å². The molecule has 1 aliphatic rings. The highest BCUT2D eigenvalue weighted by atomic mass is 32.2. The molecule has 1 amide bonds. The molecular weight excluding hydrogens is 443 g/mol. The van der Waals surface area contributed by atoms with E-state index in [1.165, 1.54) is 27.8 Å². The summed E-state index contributed by atoms with van der Waals surface area (Å²) < 4.78 is 45.6. The summed E-state index contributed by atoms with van der Waals surface area (Å²) in [6.07, 6.45) is 0.799. The minimum Gasteiger partial charge on any atom is -0.360 e. The van der Waals surface area contributed by atoms with Gasteiger partial charge in [-0.1, -0.05) is 17.3 Å². The molecule has 1 fully saturated rings. The van der Waals surface area contributed by atoms with Gasteiger partial charge in [0.15, 0.2) is 10.9 Å². The minimum atomic E-state index is -3.71. The first-order valence-electron chi connectivity index (χ1n) is 9.71. The summed E-state index contributed by atoms with van der Waals surface area (Å²) >= 11 is 1.26. The lowest BCUT2D eigenvalue weighted by Crippen LogP contribution is -2.41. The van der Waals surface area contributed by atoms with Gasteiger partial charge in [0.05, 0.1) is 5.69 Å². The van der Waals surface area contributed by atoms with Crippen LogP contribution in [-0.4, -0.2) is 41.9 Å². The number of thiazole rings is 1. The molecule has 3 aromatic rings. The van der Waals surface area contributed by atoms with Crippen molar-refractivity contribution in [2.75, 3.05) is 18.4 Å². The Balaban J connectivity index is 1.38. The van der Waals surface area contributed by atoms with Gasteiger partial charge in [0, 0.05) is 30.0 Å². The Bertz CT molecular complexity index is 1190. The largest absolute Gasteiger partial charge is 0.360 e. The average molecular weight is 465 g/mol. The zero-order valence-corrected chi connectivity index (χ0v) is 18.6. The molecule has 2 aromatic heterocycles. The van der Waals surface area contributed by atoms with E-state index in [9.17, 15) is 17.6 Å². The van der Waals surface area contributed by atoms with Gasteiger partial charge in [0.2, 0.25) is 15.9 Å². The second kappa shape index (κ2) is 8.48. The zero-order valence-electron chi connectivity index (χ0n) is 17.0. The molecule has 0 saturated carbocycles. The average Bonchev–Trinajstić information content (AvgIpc) is 3.34. The normalized spacial score (nSPS) is 15.8. The summed E-state index contributed by atoms with van der Waals surface area (Å²) in [6.45, 7) is 3.63. The molecule has 0 bridgehead atoms. The number of nitrogens with one attached hydrogen (secondary N) is 1. The second-order valence-electron chi connectivity index (χ2n) is 7.37. The lowest BCUT2D eigenvalue weighted by atomic mass is 9.97. The molecular formula is C20H21FN4O4S2. The van der Waals surface area contributed by atoms with Crippen LogP contribution < -0.4 is 5.32 Å². The third-order valence-corrected chi connectivity index (χ3v) is 8.15. The molecule has 0 atom stereocenters. The highest BCUT2D eigenvalue weighted by Gasteiger charge is 2.35. The highest BCUT2D eigenvalue weighted by Crippen LogP contribution is 2.29. The molecule has 0 aliphatic carbocycles. The number of sulfonamides is 1. The number of aryl methyl sites for hydroxylation is 2. The summed E-state index contributed by atoms with van der Waals surface area (Å²) in [4.78, 5) is 17.1.